The fraction of sp³-hybridized carbons (Fsp3) is 0.700. The fourth-order valence-electron chi connectivity index (χ4n) is 3.71. The largest absolute Gasteiger partial charge is 0.462 e. The molecule has 1 N–H and O–H groups in total. The van der Waals surface area contributed by atoms with E-state index in [0.717, 1.165) is 31.4 Å². The van der Waals surface area contributed by atoms with Crippen LogP contribution in [0, 0.1) is 0 Å². The van der Waals surface area contributed by atoms with Gasteiger partial charge in [-0.1, -0.05) is 38.5 Å². The van der Waals surface area contributed by atoms with Crippen molar-refractivity contribution < 1.29 is 14.3 Å². The van der Waals surface area contributed by atoms with Gasteiger partial charge in [0.1, 0.15) is 5.75 Å². The Morgan fingerprint density at radius 2 is 1.83 bits per heavy atom. The minimum absolute atomic E-state index is 0.0245. The van der Waals surface area contributed by atoms with Gasteiger partial charge in [0.2, 0.25) is 5.79 Å². The lowest BCUT2D eigenvalue weighted by Gasteiger charge is -2.45. The van der Waals surface area contributed by atoms with Gasteiger partial charge in [0.25, 0.3) is 0 Å². The molecule has 1 heterocycles. The average Bonchev–Trinajstić information content (AvgIpc) is 2.52. The Bertz CT molecular complexity index is 570. The first-order valence-corrected chi connectivity index (χ1v) is 12.4. The summed E-state index contributed by atoms with van der Waals surface area (Å²) in [6.45, 7) is 8.46. The molecule has 1 aromatic rings. The molecule has 3 rings (SSSR count). The molecule has 4 heteroatoms. The Labute approximate surface area is 147 Å². The summed E-state index contributed by atoms with van der Waals surface area (Å²) < 4.78 is 12.9. The van der Waals surface area contributed by atoms with Crippen LogP contribution in [0.1, 0.15) is 70.5 Å². The highest BCUT2D eigenvalue weighted by atomic mass is 28.4. The summed E-state index contributed by atoms with van der Waals surface area (Å²) in [6.07, 6.45) is 7.59. The second-order valence-corrected chi connectivity index (χ2v) is 13.2. The zero-order valence-corrected chi connectivity index (χ0v) is 16.6. The van der Waals surface area contributed by atoms with Crippen LogP contribution in [0.5, 0.6) is 5.75 Å². The first-order valence-electron chi connectivity index (χ1n) is 9.41. The molecular formula is C20H32O3Si. The second-order valence-electron chi connectivity index (χ2n) is 8.70. The molecule has 134 valence electrons. The van der Waals surface area contributed by atoms with Crippen molar-refractivity contribution in [2.75, 3.05) is 0 Å². The number of fused-ring (bicyclic) bond motifs is 1. The van der Waals surface area contributed by atoms with E-state index in [1.54, 1.807) is 0 Å². The van der Waals surface area contributed by atoms with Gasteiger partial charge in [-0.15, -0.1) is 0 Å². The van der Waals surface area contributed by atoms with Gasteiger partial charge in [0, 0.05) is 18.4 Å². The number of hydrogen-bond donors (Lipinski definition) is 1. The highest BCUT2D eigenvalue weighted by Gasteiger charge is 2.44. The molecule has 0 bridgehead atoms. The summed E-state index contributed by atoms with van der Waals surface area (Å²) in [5, 5.41) is -0.0245. The molecule has 1 atom stereocenters. The first-order chi connectivity index (χ1) is 11.2. The van der Waals surface area contributed by atoms with Gasteiger partial charge in [-0.05, 0) is 49.9 Å². The van der Waals surface area contributed by atoms with Gasteiger partial charge >= 0.3 is 0 Å². The number of ether oxygens (including phenoxy) is 2. The molecule has 24 heavy (non-hydrogen) atoms. The molecule has 1 spiro atoms. The standard InChI is InChI=1S/C20H32O3Si/c1-19(2,24(3,4)21)15-12-18-16-10-6-7-11-17(16)22-20(23-18)13-8-5-9-14-20/h6-7,10-11,18,21H,5,8-9,12-15H2,1-4H3/t18-/m1/s1. The van der Waals surface area contributed by atoms with Crippen molar-refractivity contribution in [3.05, 3.63) is 29.8 Å². The van der Waals surface area contributed by atoms with Crippen molar-refractivity contribution in [1.29, 1.82) is 0 Å². The molecular weight excluding hydrogens is 316 g/mol. The van der Waals surface area contributed by atoms with E-state index in [1.165, 1.54) is 24.8 Å². The van der Waals surface area contributed by atoms with Crippen molar-refractivity contribution in [3.8, 4) is 5.75 Å². The van der Waals surface area contributed by atoms with Crippen LogP contribution in [0.15, 0.2) is 24.3 Å². The van der Waals surface area contributed by atoms with E-state index in [2.05, 4.69) is 32.0 Å². The molecule has 1 fully saturated rings. The van der Waals surface area contributed by atoms with Crippen LogP contribution in [0.3, 0.4) is 0 Å². The summed E-state index contributed by atoms with van der Waals surface area (Å²) in [5.41, 5.74) is 1.17. The number of para-hydroxylation sites is 1. The maximum atomic E-state index is 10.6. The van der Waals surface area contributed by atoms with E-state index >= 15 is 0 Å². The third-order valence-electron chi connectivity index (χ3n) is 6.22. The van der Waals surface area contributed by atoms with E-state index in [0.29, 0.717) is 0 Å². The Morgan fingerprint density at radius 1 is 1.17 bits per heavy atom. The SMILES string of the molecule is CC(C)(CC[C@H]1OC2(CCCCC2)Oc2ccccc21)[Si](C)(C)O. The zero-order chi connectivity index (χ0) is 17.4. The minimum Gasteiger partial charge on any atom is -0.462 e. The lowest BCUT2D eigenvalue weighted by Crippen LogP contribution is -2.45. The van der Waals surface area contributed by atoms with Crippen LogP contribution in [0.4, 0.5) is 0 Å². The van der Waals surface area contributed by atoms with Crippen LogP contribution in [-0.4, -0.2) is 18.9 Å². The first kappa shape index (κ1) is 18.0. The summed E-state index contributed by atoms with van der Waals surface area (Å²) >= 11 is 0. The van der Waals surface area contributed by atoms with Crippen molar-refractivity contribution in [2.24, 2.45) is 0 Å². The third-order valence-corrected chi connectivity index (χ3v) is 9.78. The molecule has 3 nitrogen and oxygen atoms in total. The third kappa shape index (κ3) is 3.56. The van der Waals surface area contributed by atoms with Crippen LogP contribution in [0.2, 0.25) is 18.1 Å². The van der Waals surface area contributed by atoms with E-state index < -0.39 is 14.1 Å². The van der Waals surface area contributed by atoms with E-state index in [9.17, 15) is 4.80 Å². The molecule has 0 radical (unpaired) electrons. The van der Waals surface area contributed by atoms with Crippen molar-refractivity contribution in [3.63, 3.8) is 0 Å². The minimum atomic E-state index is -2.20. The van der Waals surface area contributed by atoms with Crippen molar-refractivity contribution in [2.45, 2.75) is 88.8 Å². The van der Waals surface area contributed by atoms with Gasteiger partial charge in [0.15, 0.2) is 8.32 Å². The predicted molar refractivity (Wildman–Crippen MR) is 99.7 cm³/mol. The number of rotatable bonds is 4. The monoisotopic (exact) mass is 348 g/mol. The molecule has 1 aliphatic heterocycles. The Hall–Kier alpha value is -0.843. The Balaban J connectivity index is 1.81. The summed E-state index contributed by atoms with van der Waals surface area (Å²) in [7, 11) is -2.20. The lowest BCUT2D eigenvalue weighted by molar-refractivity contribution is -0.246. The molecule has 2 aliphatic rings. The smallest absolute Gasteiger partial charge is 0.211 e. The summed E-state index contributed by atoms with van der Waals surface area (Å²) in [4.78, 5) is 10.6. The van der Waals surface area contributed by atoms with Crippen LogP contribution in [0.25, 0.3) is 0 Å². The van der Waals surface area contributed by atoms with E-state index in [4.69, 9.17) is 9.47 Å². The van der Waals surface area contributed by atoms with Crippen LogP contribution >= 0.6 is 0 Å². The van der Waals surface area contributed by atoms with Gasteiger partial charge in [-0.3, -0.25) is 0 Å². The van der Waals surface area contributed by atoms with Gasteiger partial charge < -0.3 is 14.3 Å². The van der Waals surface area contributed by atoms with Crippen molar-refractivity contribution in [1.82, 2.24) is 0 Å². The quantitative estimate of drug-likeness (QED) is 0.724. The molecule has 1 aliphatic carbocycles. The van der Waals surface area contributed by atoms with Crippen LogP contribution < -0.4 is 4.74 Å². The average molecular weight is 349 g/mol. The molecule has 0 saturated heterocycles. The topological polar surface area (TPSA) is 38.7 Å². The normalized spacial score (nSPS) is 23.6. The van der Waals surface area contributed by atoms with Crippen molar-refractivity contribution >= 4 is 8.32 Å². The summed E-state index contributed by atoms with van der Waals surface area (Å²) in [5.74, 6) is 0.571. The molecule has 0 amide bonds. The number of benzene rings is 1. The number of hydrogen-bond acceptors (Lipinski definition) is 3. The van der Waals surface area contributed by atoms with E-state index in [-0.39, 0.29) is 11.1 Å². The highest BCUT2D eigenvalue weighted by molar-refractivity contribution is 6.72. The second kappa shape index (κ2) is 6.47. The molecule has 1 saturated carbocycles. The van der Waals surface area contributed by atoms with Gasteiger partial charge in [-0.25, -0.2) is 0 Å². The van der Waals surface area contributed by atoms with Gasteiger partial charge in [-0.2, -0.15) is 0 Å². The maximum Gasteiger partial charge on any atom is 0.211 e. The lowest BCUT2D eigenvalue weighted by atomic mass is 9.90. The predicted octanol–water partition coefficient (Wildman–Crippen LogP) is 5.55. The van der Waals surface area contributed by atoms with Crippen LogP contribution in [-0.2, 0) is 4.74 Å². The van der Waals surface area contributed by atoms with E-state index in [1.807, 2.05) is 19.2 Å². The molecule has 1 aromatic carbocycles. The Morgan fingerprint density at radius 3 is 2.50 bits per heavy atom. The maximum absolute atomic E-state index is 10.6. The summed E-state index contributed by atoms with van der Waals surface area (Å²) in [6, 6.07) is 8.32. The molecule has 0 unspecified atom stereocenters. The van der Waals surface area contributed by atoms with Gasteiger partial charge in [0.05, 0.1) is 6.10 Å². The Kier molecular flexibility index (Phi) is 4.84. The fourth-order valence-corrected chi connectivity index (χ4v) is 4.47. The zero-order valence-electron chi connectivity index (χ0n) is 15.6. The molecule has 0 aromatic heterocycles. The highest BCUT2D eigenvalue weighted by Crippen LogP contribution is 2.49.